The Morgan fingerprint density at radius 1 is 0.697 bits per heavy atom. The Kier molecular flexibility index (Phi) is 6.72. The molecule has 8 heteroatoms. The SMILES string of the molecule is O=[N+]([O-])c1ccccc1N[C@H](c1ccccc1)P(=O)(Oc1ccccc1)Oc1ccccc1. The largest absolute Gasteiger partial charge is 0.457 e. The predicted molar refractivity (Wildman–Crippen MR) is 128 cm³/mol. The summed E-state index contributed by atoms with van der Waals surface area (Å²) in [5.74, 6) is -0.343. The molecule has 0 aliphatic carbocycles. The van der Waals surface area contributed by atoms with E-state index < -0.39 is 18.3 Å². The summed E-state index contributed by atoms with van der Waals surface area (Å²) < 4.78 is 26.5. The van der Waals surface area contributed by atoms with E-state index in [1.807, 2.05) is 18.2 Å². The average Bonchev–Trinajstić information content (AvgIpc) is 2.84. The minimum absolute atomic E-state index is 0.149. The van der Waals surface area contributed by atoms with Gasteiger partial charge in [-0.1, -0.05) is 78.9 Å². The van der Waals surface area contributed by atoms with Crippen molar-refractivity contribution in [2.24, 2.45) is 0 Å². The number of benzene rings is 4. The molecule has 0 fully saturated rings. The molecular weight excluding hydrogens is 439 g/mol. The Balaban J connectivity index is 1.82. The van der Waals surface area contributed by atoms with Crippen LogP contribution in [0.1, 0.15) is 11.3 Å². The zero-order valence-electron chi connectivity index (χ0n) is 17.5. The van der Waals surface area contributed by atoms with Gasteiger partial charge in [0, 0.05) is 6.07 Å². The van der Waals surface area contributed by atoms with Gasteiger partial charge in [0.25, 0.3) is 5.69 Å². The van der Waals surface area contributed by atoms with Crippen LogP contribution in [0.25, 0.3) is 0 Å². The Morgan fingerprint density at radius 2 is 1.15 bits per heavy atom. The lowest BCUT2D eigenvalue weighted by Gasteiger charge is -2.29. The number of nitrogens with one attached hydrogen (secondary N) is 1. The van der Waals surface area contributed by atoms with Crippen molar-refractivity contribution >= 4 is 19.0 Å². The molecule has 1 N–H and O–H groups in total. The topological polar surface area (TPSA) is 90.7 Å². The lowest BCUT2D eigenvalue weighted by atomic mass is 10.2. The predicted octanol–water partition coefficient (Wildman–Crippen LogP) is 7.06. The van der Waals surface area contributed by atoms with Crippen molar-refractivity contribution in [1.29, 1.82) is 0 Å². The van der Waals surface area contributed by atoms with Crippen molar-refractivity contribution in [2.75, 3.05) is 5.32 Å². The molecule has 0 amide bonds. The van der Waals surface area contributed by atoms with Crippen LogP contribution in [0.4, 0.5) is 11.4 Å². The van der Waals surface area contributed by atoms with Crippen molar-refractivity contribution in [3.8, 4) is 11.5 Å². The van der Waals surface area contributed by atoms with Crippen molar-refractivity contribution in [3.05, 3.63) is 131 Å². The van der Waals surface area contributed by atoms with Gasteiger partial charge in [0.2, 0.25) is 0 Å². The summed E-state index contributed by atoms with van der Waals surface area (Å²) in [5.41, 5.74) is 0.639. The van der Waals surface area contributed by atoms with Crippen molar-refractivity contribution in [3.63, 3.8) is 0 Å². The quantitative estimate of drug-likeness (QED) is 0.163. The van der Waals surface area contributed by atoms with Gasteiger partial charge in [-0.15, -0.1) is 0 Å². The summed E-state index contributed by atoms with van der Waals surface area (Å²) in [6.07, 6.45) is 0. The normalized spacial score (nSPS) is 11.9. The Labute approximate surface area is 191 Å². The first-order chi connectivity index (χ1) is 16.0. The first kappa shape index (κ1) is 22.1. The molecular formula is C25H21N2O5P. The molecule has 33 heavy (non-hydrogen) atoms. The van der Waals surface area contributed by atoms with Gasteiger partial charge < -0.3 is 14.4 Å². The second-order valence-electron chi connectivity index (χ2n) is 7.08. The third-order valence-electron chi connectivity index (χ3n) is 4.78. The highest BCUT2D eigenvalue weighted by Gasteiger charge is 2.41. The van der Waals surface area contributed by atoms with Crippen LogP contribution in [0.15, 0.2) is 115 Å². The lowest BCUT2D eigenvalue weighted by molar-refractivity contribution is -0.384. The molecule has 0 heterocycles. The van der Waals surface area contributed by atoms with Crippen LogP contribution in [-0.4, -0.2) is 4.92 Å². The van der Waals surface area contributed by atoms with E-state index in [9.17, 15) is 14.7 Å². The first-order valence-corrected chi connectivity index (χ1v) is 11.8. The minimum atomic E-state index is -4.04. The smallest absolute Gasteiger partial charge is 0.414 e. The molecule has 4 rings (SSSR count). The van der Waals surface area contributed by atoms with Crippen LogP contribution in [0.5, 0.6) is 11.5 Å². The van der Waals surface area contributed by atoms with Crippen molar-refractivity contribution in [1.82, 2.24) is 0 Å². The molecule has 0 aliphatic heterocycles. The number of hydrogen-bond acceptors (Lipinski definition) is 6. The van der Waals surface area contributed by atoms with E-state index in [-0.39, 0.29) is 11.4 Å². The van der Waals surface area contributed by atoms with Gasteiger partial charge in [0.15, 0.2) is 5.78 Å². The van der Waals surface area contributed by atoms with Crippen molar-refractivity contribution < 1.29 is 18.5 Å². The van der Waals surface area contributed by atoms with Gasteiger partial charge in [-0.2, -0.15) is 0 Å². The van der Waals surface area contributed by atoms with Gasteiger partial charge in [-0.3, -0.25) is 10.1 Å². The maximum Gasteiger partial charge on any atom is 0.457 e. The number of rotatable bonds is 9. The van der Waals surface area contributed by atoms with E-state index in [2.05, 4.69) is 5.32 Å². The van der Waals surface area contributed by atoms with Gasteiger partial charge in [-0.25, -0.2) is 4.57 Å². The van der Waals surface area contributed by atoms with E-state index >= 15 is 0 Å². The molecule has 4 aromatic rings. The number of nitro benzene ring substituents is 1. The third kappa shape index (κ3) is 5.40. The molecule has 0 aromatic heterocycles. The first-order valence-electron chi connectivity index (χ1n) is 10.2. The summed E-state index contributed by atoms with van der Waals surface area (Å²) in [6.45, 7) is 0. The summed E-state index contributed by atoms with van der Waals surface area (Å²) in [7, 11) is -4.04. The Morgan fingerprint density at radius 3 is 1.67 bits per heavy atom. The van der Waals surface area contributed by atoms with Crippen LogP contribution in [0.2, 0.25) is 0 Å². The molecule has 1 atom stereocenters. The molecule has 0 unspecified atom stereocenters. The van der Waals surface area contributed by atoms with Gasteiger partial charge >= 0.3 is 7.60 Å². The molecule has 0 aliphatic rings. The molecule has 0 saturated carbocycles. The number of para-hydroxylation sites is 4. The molecule has 4 aromatic carbocycles. The van der Waals surface area contributed by atoms with Crippen LogP contribution in [0.3, 0.4) is 0 Å². The monoisotopic (exact) mass is 460 g/mol. The second kappa shape index (κ2) is 10.0. The highest BCUT2D eigenvalue weighted by atomic mass is 31.2. The highest BCUT2D eigenvalue weighted by Crippen LogP contribution is 2.60. The molecule has 7 nitrogen and oxygen atoms in total. The molecule has 0 saturated heterocycles. The van der Waals surface area contributed by atoms with E-state index in [0.717, 1.165) is 0 Å². The van der Waals surface area contributed by atoms with Gasteiger partial charge in [-0.05, 0) is 35.9 Å². The summed E-state index contributed by atoms with van der Waals surface area (Å²) in [4.78, 5) is 11.1. The summed E-state index contributed by atoms with van der Waals surface area (Å²) in [6, 6.07) is 32.5. The third-order valence-corrected chi connectivity index (χ3v) is 6.77. The molecule has 166 valence electrons. The fourth-order valence-electron chi connectivity index (χ4n) is 3.26. The maximum absolute atomic E-state index is 14.5. The van der Waals surface area contributed by atoms with Crippen LogP contribution in [0, 0.1) is 10.1 Å². The number of nitrogens with zero attached hydrogens (tertiary/aromatic N) is 1. The summed E-state index contributed by atoms with van der Waals surface area (Å²) in [5, 5.41) is 14.7. The van der Waals surface area contributed by atoms with E-state index in [0.29, 0.717) is 17.1 Å². The lowest BCUT2D eigenvalue weighted by Crippen LogP contribution is -2.18. The van der Waals surface area contributed by atoms with Gasteiger partial charge in [0.05, 0.1) is 4.92 Å². The van der Waals surface area contributed by atoms with Crippen molar-refractivity contribution in [2.45, 2.75) is 5.78 Å². The van der Waals surface area contributed by atoms with Gasteiger partial charge in [0.1, 0.15) is 17.2 Å². The number of nitro groups is 1. The molecule has 0 bridgehead atoms. The average molecular weight is 460 g/mol. The van der Waals surface area contributed by atoms with E-state index in [1.165, 1.54) is 6.07 Å². The Bertz CT molecular complexity index is 1210. The summed E-state index contributed by atoms with van der Waals surface area (Å²) >= 11 is 0. The standard InChI is InChI=1S/C25H21N2O5P/c28-27(29)24-19-11-10-18-23(24)26-25(20-12-4-1-5-13-20)33(30,31-21-14-6-2-7-15-21)32-22-16-8-3-9-17-22/h1-19,25-26H/t25-/m0/s1. The van der Waals surface area contributed by atoms with Crippen LogP contribution < -0.4 is 14.4 Å². The van der Waals surface area contributed by atoms with Crippen LogP contribution in [-0.2, 0) is 4.57 Å². The maximum atomic E-state index is 14.5. The fraction of sp³-hybridized carbons (Fsp3) is 0.0400. The zero-order chi connectivity index (χ0) is 23.1. The molecule has 0 radical (unpaired) electrons. The number of hydrogen-bond donors (Lipinski definition) is 1. The van der Waals surface area contributed by atoms with E-state index in [4.69, 9.17) is 9.05 Å². The van der Waals surface area contributed by atoms with Crippen LogP contribution >= 0.6 is 7.60 Å². The Hall–Kier alpha value is -4.09. The fourth-order valence-corrected chi connectivity index (χ4v) is 5.18. The zero-order valence-corrected chi connectivity index (χ0v) is 18.4. The molecule has 0 spiro atoms. The highest BCUT2D eigenvalue weighted by molar-refractivity contribution is 7.55. The number of anilines is 1. The minimum Gasteiger partial charge on any atom is -0.414 e. The second-order valence-corrected chi connectivity index (χ2v) is 9.04. The van der Waals surface area contributed by atoms with E-state index in [1.54, 1.807) is 91.0 Å².